The van der Waals surface area contributed by atoms with Gasteiger partial charge < -0.3 is 21.1 Å². The van der Waals surface area contributed by atoms with Crippen molar-refractivity contribution in [1.82, 2.24) is 10.3 Å². The van der Waals surface area contributed by atoms with E-state index in [1.54, 1.807) is 6.20 Å². The maximum absolute atomic E-state index is 12.3. The van der Waals surface area contributed by atoms with E-state index in [9.17, 15) is 4.79 Å². The van der Waals surface area contributed by atoms with Crippen molar-refractivity contribution in [2.24, 2.45) is 0 Å². The molecular weight excluding hydrogens is 364 g/mol. The number of anilines is 2. The summed E-state index contributed by atoms with van der Waals surface area (Å²) in [5.74, 6) is 0.712. The van der Waals surface area contributed by atoms with Crippen LogP contribution in [0.25, 0.3) is 11.1 Å². The zero-order valence-corrected chi connectivity index (χ0v) is 17.8. The summed E-state index contributed by atoms with van der Waals surface area (Å²) < 4.78 is 5.46. The lowest BCUT2D eigenvalue weighted by Gasteiger charge is -2.24. The Kier molecular flexibility index (Phi) is 6.30. The van der Waals surface area contributed by atoms with E-state index in [1.807, 2.05) is 33.8 Å². The van der Waals surface area contributed by atoms with Gasteiger partial charge in [-0.15, -0.1) is 0 Å². The summed E-state index contributed by atoms with van der Waals surface area (Å²) in [6.07, 6.45) is 5.47. The lowest BCUT2D eigenvalue weighted by atomic mass is 9.94. The smallest absolute Gasteiger partial charge is 0.408 e. The standard InChI is InChI=1S/C23H32N4O2/c1-5-25-21-20(24)18(12-13-26-21)16-10-11-17-15(14-16)8-6-7-9-19(17)27-22(28)29-23(2,3)4/h10-14,19H,5-9,24H2,1-4H3,(H,25,26)(H,27,28). The molecule has 1 aromatic carbocycles. The number of benzene rings is 1. The van der Waals surface area contributed by atoms with Gasteiger partial charge in [-0.25, -0.2) is 9.78 Å². The summed E-state index contributed by atoms with van der Waals surface area (Å²) in [5, 5.41) is 6.27. The molecule has 2 aromatic rings. The predicted octanol–water partition coefficient (Wildman–Crippen LogP) is 5.05. The Morgan fingerprint density at radius 1 is 1.28 bits per heavy atom. The second-order valence-corrected chi connectivity index (χ2v) is 8.51. The number of aryl methyl sites for hydroxylation is 1. The predicted molar refractivity (Wildman–Crippen MR) is 118 cm³/mol. The molecule has 6 nitrogen and oxygen atoms in total. The molecule has 29 heavy (non-hydrogen) atoms. The number of pyridine rings is 1. The molecule has 0 saturated carbocycles. The first kappa shape index (κ1) is 21.0. The van der Waals surface area contributed by atoms with Crippen LogP contribution in [-0.4, -0.2) is 23.2 Å². The van der Waals surface area contributed by atoms with E-state index in [0.717, 1.165) is 48.9 Å². The highest BCUT2D eigenvalue weighted by Crippen LogP contribution is 2.35. The quantitative estimate of drug-likeness (QED) is 0.629. The van der Waals surface area contributed by atoms with Gasteiger partial charge in [-0.3, -0.25) is 0 Å². The zero-order chi connectivity index (χ0) is 21.0. The molecule has 1 amide bonds. The normalized spacial score (nSPS) is 16.5. The largest absolute Gasteiger partial charge is 0.444 e. The van der Waals surface area contributed by atoms with Gasteiger partial charge in [-0.1, -0.05) is 24.6 Å². The molecule has 4 N–H and O–H groups in total. The van der Waals surface area contributed by atoms with Gasteiger partial charge in [-0.2, -0.15) is 0 Å². The number of nitrogens with zero attached hydrogens (tertiary/aromatic N) is 1. The first-order valence-corrected chi connectivity index (χ1v) is 10.4. The third-order valence-electron chi connectivity index (χ3n) is 5.04. The summed E-state index contributed by atoms with van der Waals surface area (Å²) in [5.41, 5.74) is 11.0. The number of fused-ring (bicyclic) bond motifs is 1. The van der Waals surface area contributed by atoms with Crippen LogP contribution in [0.4, 0.5) is 16.3 Å². The lowest BCUT2D eigenvalue weighted by molar-refractivity contribution is 0.0501. The molecule has 156 valence electrons. The molecule has 3 rings (SSSR count). The molecule has 0 radical (unpaired) electrons. The van der Waals surface area contributed by atoms with Crippen LogP contribution < -0.4 is 16.4 Å². The Morgan fingerprint density at radius 2 is 2.07 bits per heavy atom. The highest BCUT2D eigenvalue weighted by atomic mass is 16.6. The number of carbonyl (C=O) groups is 1. The molecule has 1 aliphatic carbocycles. The number of alkyl carbamates (subject to hydrolysis) is 1. The molecule has 1 heterocycles. The van der Waals surface area contributed by atoms with Gasteiger partial charge in [0.15, 0.2) is 0 Å². The van der Waals surface area contributed by atoms with E-state index in [1.165, 1.54) is 5.56 Å². The zero-order valence-electron chi connectivity index (χ0n) is 17.8. The van der Waals surface area contributed by atoms with Crippen molar-refractivity contribution in [2.75, 3.05) is 17.6 Å². The van der Waals surface area contributed by atoms with Crippen molar-refractivity contribution in [3.05, 3.63) is 41.6 Å². The van der Waals surface area contributed by atoms with Gasteiger partial charge in [0.25, 0.3) is 0 Å². The van der Waals surface area contributed by atoms with Crippen LogP contribution in [-0.2, 0) is 11.2 Å². The fourth-order valence-electron chi connectivity index (χ4n) is 3.78. The topological polar surface area (TPSA) is 89.3 Å². The minimum atomic E-state index is -0.509. The summed E-state index contributed by atoms with van der Waals surface area (Å²) in [7, 11) is 0. The van der Waals surface area contributed by atoms with Crippen molar-refractivity contribution in [1.29, 1.82) is 0 Å². The second-order valence-electron chi connectivity index (χ2n) is 8.51. The molecule has 6 heteroatoms. The Hall–Kier alpha value is -2.76. The van der Waals surface area contributed by atoms with Crippen LogP contribution in [0, 0.1) is 0 Å². The van der Waals surface area contributed by atoms with Crippen molar-refractivity contribution >= 4 is 17.6 Å². The summed E-state index contributed by atoms with van der Waals surface area (Å²) >= 11 is 0. The number of rotatable bonds is 4. The Morgan fingerprint density at radius 3 is 2.79 bits per heavy atom. The van der Waals surface area contributed by atoms with Crippen LogP contribution >= 0.6 is 0 Å². The van der Waals surface area contributed by atoms with Gasteiger partial charge in [0.2, 0.25) is 0 Å². The van der Waals surface area contributed by atoms with E-state index in [2.05, 4.69) is 33.8 Å². The van der Waals surface area contributed by atoms with E-state index >= 15 is 0 Å². The van der Waals surface area contributed by atoms with Crippen LogP contribution in [0.1, 0.15) is 64.1 Å². The Labute approximate surface area is 173 Å². The van der Waals surface area contributed by atoms with Crippen molar-refractivity contribution in [3.63, 3.8) is 0 Å². The number of hydrogen-bond acceptors (Lipinski definition) is 5. The third kappa shape index (κ3) is 5.19. The monoisotopic (exact) mass is 396 g/mol. The molecule has 1 aromatic heterocycles. The Bertz CT molecular complexity index is 874. The summed E-state index contributed by atoms with van der Waals surface area (Å²) in [6.45, 7) is 8.42. The van der Waals surface area contributed by atoms with E-state index in [-0.39, 0.29) is 12.1 Å². The molecule has 1 atom stereocenters. The fourth-order valence-corrected chi connectivity index (χ4v) is 3.78. The van der Waals surface area contributed by atoms with Crippen LogP contribution in [0.5, 0.6) is 0 Å². The first-order chi connectivity index (χ1) is 13.8. The summed E-state index contributed by atoms with van der Waals surface area (Å²) in [6, 6.07) is 8.31. The molecular formula is C23H32N4O2. The highest BCUT2D eigenvalue weighted by molar-refractivity contribution is 5.83. The average molecular weight is 397 g/mol. The second kappa shape index (κ2) is 8.72. The number of aromatic nitrogens is 1. The van der Waals surface area contributed by atoms with E-state index < -0.39 is 5.60 Å². The maximum Gasteiger partial charge on any atom is 0.408 e. The van der Waals surface area contributed by atoms with Crippen LogP contribution in [0.2, 0.25) is 0 Å². The fraction of sp³-hybridized carbons (Fsp3) is 0.478. The average Bonchev–Trinajstić information content (AvgIpc) is 2.84. The minimum absolute atomic E-state index is 0.0384. The van der Waals surface area contributed by atoms with Gasteiger partial charge in [-0.05, 0) is 69.7 Å². The molecule has 0 saturated heterocycles. The number of nitrogen functional groups attached to an aromatic ring is 1. The van der Waals surface area contributed by atoms with Gasteiger partial charge >= 0.3 is 6.09 Å². The molecule has 0 fully saturated rings. The van der Waals surface area contributed by atoms with Gasteiger partial charge in [0.1, 0.15) is 11.4 Å². The lowest BCUT2D eigenvalue weighted by Crippen LogP contribution is -2.35. The minimum Gasteiger partial charge on any atom is -0.444 e. The SMILES string of the molecule is CCNc1nccc(-c2ccc3c(c2)CCCCC3NC(=O)OC(C)(C)C)c1N. The number of ether oxygens (including phenoxy) is 1. The van der Waals surface area contributed by atoms with Crippen molar-refractivity contribution in [3.8, 4) is 11.1 Å². The van der Waals surface area contributed by atoms with Crippen molar-refractivity contribution in [2.45, 2.75) is 65.0 Å². The number of amides is 1. The summed E-state index contributed by atoms with van der Waals surface area (Å²) in [4.78, 5) is 16.7. The van der Waals surface area contributed by atoms with Crippen molar-refractivity contribution < 1.29 is 9.53 Å². The number of hydrogen-bond donors (Lipinski definition) is 3. The van der Waals surface area contributed by atoms with Crippen LogP contribution in [0.3, 0.4) is 0 Å². The van der Waals surface area contributed by atoms with Crippen LogP contribution in [0.15, 0.2) is 30.5 Å². The number of nitrogens with two attached hydrogens (primary N) is 1. The first-order valence-electron chi connectivity index (χ1n) is 10.4. The van der Waals surface area contributed by atoms with E-state index in [0.29, 0.717) is 11.5 Å². The number of nitrogens with one attached hydrogen (secondary N) is 2. The number of carbonyl (C=O) groups excluding carboxylic acids is 1. The maximum atomic E-state index is 12.3. The highest BCUT2D eigenvalue weighted by Gasteiger charge is 2.24. The molecule has 1 aliphatic rings. The van der Waals surface area contributed by atoms with E-state index in [4.69, 9.17) is 10.5 Å². The molecule has 0 aliphatic heterocycles. The molecule has 0 spiro atoms. The Balaban J connectivity index is 1.89. The molecule has 0 bridgehead atoms. The molecule has 1 unspecified atom stereocenters. The van der Waals surface area contributed by atoms with Gasteiger partial charge in [0.05, 0.1) is 11.7 Å². The third-order valence-corrected chi connectivity index (χ3v) is 5.04. The van der Waals surface area contributed by atoms with Gasteiger partial charge in [0, 0.05) is 18.3 Å².